The Bertz CT molecular complexity index is 2080. The van der Waals surface area contributed by atoms with E-state index in [1.54, 1.807) is 38.1 Å². The average molecular weight is 571 g/mol. The molecule has 0 aliphatic carbocycles. The summed E-state index contributed by atoms with van der Waals surface area (Å²) in [6, 6.07) is 20.9. The van der Waals surface area contributed by atoms with E-state index in [-0.39, 0.29) is 33.0 Å². The molecule has 0 aromatic heterocycles. The SMILES string of the molecule is Cc1ccc2c(C)c(C(=O)O)c3c(C(=O)OC(=O)c4cccc5c4c(C(=O)O)c(C)c4ccc(C)cc45)cccc3c2c1. The third-order valence-electron chi connectivity index (χ3n) is 8.17. The number of carboxylic acids is 2. The quantitative estimate of drug-likeness (QED) is 0.126. The Hall–Kier alpha value is -5.56. The van der Waals surface area contributed by atoms with Gasteiger partial charge in [-0.3, -0.25) is 0 Å². The van der Waals surface area contributed by atoms with Gasteiger partial charge < -0.3 is 14.9 Å². The van der Waals surface area contributed by atoms with E-state index in [1.165, 1.54) is 12.1 Å². The highest BCUT2D eigenvalue weighted by atomic mass is 16.6. The Labute approximate surface area is 245 Å². The number of hydrogen-bond donors (Lipinski definition) is 2. The molecule has 7 nitrogen and oxygen atoms in total. The number of ether oxygens (including phenoxy) is 1. The molecule has 0 saturated carbocycles. The van der Waals surface area contributed by atoms with Crippen LogP contribution in [0.15, 0.2) is 72.8 Å². The smallest absolute Gasteiger partial charge is 0.346 e. The van der Waals surface area contributed by atoms with E-state index in [1.807, 2.05) is 50.2 Å². The molecule has 0 unspecified atom stereocenters. The summed E-state index contributed by atoms with van der Waals surface area (Å²) in [5.74, 6) is -4.50. The third kappa shape index (κ3) is 4.28. The first-order chi connectivity index (χ1) is 20.5. The summed E-state index contributed by atoms with van der Waals surface area (Å²) in [5, 5.41) is 24.9. The van der Waals surface area contributed by atoms with Crippen LogP contribution in [0.5, 0.6) is 0 Å². The fraction of sp³-hybridized carbons (Fsp3) is 0.111. The molecule has 0 bridgehead atoms. The van der Waals surface area contributed by atoms with Gasteiger partial charge in [0.1, 0.15) is 0 Å². The van der Waals surface area contributed by atoms with Crippen molar-refractivity contribution in [1.29, 1.82) is 0 Å². The fourth-order valence-electron chi connectivity index (χ4n) is 6.22. The maximum absolute atomic E-state index is 13.7. The fourth-order valence-corrected chi connectivity index (χ4v) is 6.22. The number of esters is 2. The van der Waals surface area contributed by atoms with Crippen LogP contribution in [-0.4, -0.2) is 34.1 Å². The Balaban J connectivity index is 1.55. The molecule has 6 rings (SSSR count). The van der Waals surface area contributed by atoms with Crippen LogP contribution in [0.4, 0.5) is 0 Å². The van der Waals surface area contributed by atoms with Crippen molar-refractivity contribution in [3.63, 3.8) is 0 Å². The van der Waals surface area contributed by atoms with Crippen molar-refractivity contribution >= 4 is 67.0 Å². The molecule has 2 N–H and O–H groups in total. The van der Waals surface area contributed by atoms with Gasteiger partial charge >= 0.3 is 23.9 Å². The number of carbonyl (C=O) groups is 4. The second-order valence-corrected chi connectivity index (χ2v) is 10.8. The van der Waals surface area contributed by atoms with Crippen molar-refractivity contribution in [1.82, 2.24) is 0 Å². The number of carbonyl (C=O) groups excluding carboxylic acids is 2. The number of carboxylic acid groups (broad SMARTS) is 2. The minimum Gasteiger partial charge on any atom is -0.478 e. The summed E-state index contributed by atoms with van der Waals surface area (Å²) in [7, 11) is 0. The summed E-state index contributed by atoms with van der Waals surface area (Å²) in [4.78, 5) is 52.3. The van der Waals surface area contributed by atoms with Gasteiger partial charge in [0.25, 0.3) is 0 Å². The summed E-state index contributed by atoms with van der Waals surface area (Å²) in [6.07, 6.45) is 0. The molecule has 43 heavy (non-hydrogen) atoms. The lowest BCUT2D eigenvalue weighted by molar-refractivity contribution is 0.0400. The first kappa shape index (κ1) is 27.6. The zero-order valence-electron chi connectivity index (χ0n) is 23.9. The molecule has 0 atom stereocenters. The van der Waals surface area contributed by atoms with Crippen LogP contribution in [0.2, 0.25) is 0 Å². The zero-order valence-corrected chi connectivity index (χ0v) is 23.9. The Morgan fingerprint density at radius 2 is 0.907 bits per heavy atom. The van der Waals surface area contributed by atoms with Gasteiger partial charge in [0.15, 0.2) is 0 Å². The molecule has 0 aliphatic rings. The second kappa shape index (κ2) is 10.1. The first-order valence-electron chi connectivity index (χ1n) is 13.6. The Kier molecular flexibility index (Phi) is 6.46. The normalized spacial score (nSPS) is 11.3. The van der Waals surface area contributed by atoms with Gasteiger partial charge in [-0.05, 0) is 83.3 Å². The van der Waals surface area contributed by atoms with E-state index in [0.717, 1.165) is 32.7 Å². The Morgan fingerprint density at radius 1 is 0.512 bits per heavy atom. The summed E-state index contributed by atoms with van der Waals surface area (Å²) in [5.41, 5.74) is 2.63. The van der Waals surface area contributed by atoms with Gasteiger partial charge in [0.2, 0.25) is 0 Å². The molecule has 0 spiro atoms. The monoisotopic (exact) mass is 570 g/mol. The van der Waals surface area contributed by atoms with E-state index in [9.17, 15) is 29.4 Å². The van der Waals surface area contributed by atoms with E-state index >= 15 is 0 Å². The van der Waals surface area contributed by atoms with Gasteiger partial charge in [-0.1, -0.05) is 71.8 Å². The van der Waals surface area contributed by atoms with Crippen molar-refractivity contribution in [3.8, 4) is 0 Å². The van der Waals surface area contributed by atoms with Gasteiger partial charge in [0, 0.05) is 10.8 Å². The van der Waals surface area contributed by atoms with E-state index < -0.39 is 23.9 Å². The molecule has 0 heterocycles. The number of rotatable bonds is 4. The van der Waals surface area contributed by atoms with Crippen LogP contribution >= 0.6 is 0 Å². The number of fused-ring (bicyclic) bond motifs is 6. The molecule has 6 aromatic carbocycles. The standard InChI is InChI=1S/C36H26O7/c1-17-11-13-21-19(3)29(33(37)38)31-23(27(21)15-17)7-5-9-25(31)35(41)43-36(42)26-10-6-8-24-28-16-18(2)12-14-22(28)20(4)30(32(24)26)34(39)40/h5-16H,1-4H3,(H,37,38)(H,39,40). The molecule has 0 saturated heterocycles. The summed E-state index contributed by atoms with van der Waals surface area (Å²) < 4.78 is 5.40. The lowest BCUT2D eigenvalue weighted by atomic mass is 9.89. The van der Waals surface area contributed by atoms with Crippen LogP contribution in [-0.2, 0) is 4.74 Å². The van der Waals surface area contributed by atoms with Crippen LogP contribution in [0, 0.1) is 27.7 Å². The average Bonchev–Trinajstić information content (AvgIpc) is 2.96. The van der Waals surface area contributed by atoms with Crippen molar-refractivity contribution < 1.29 is 34.1 Å². The molecule has 0 aliphatic heterocycles. The van der Waals surface area contributed by atoms with Gasteiger partial charge in [-0.25, -0.2) is 19.2 Å². The number of aromatic carboxylic acids is 2. The predicted octanol–water partition coefficient (Wildman–Crippen LogP) is 7.93. The van der Waals surface area contributed by atoms with Gasteiger partial charge in [-0.2, -0.15) is 0 Å². The highest BCUT2D eigenvalue weighted by molar-refractivity contribution is 6.25. The van der Waals surface area contributed by atoms with E-state index in [4.69, 9.17) is 4.74 Å². The van der Waals surface area contributed by atoms with Crippen LogP contribution < -0.4 is 0 Å². The van der Waals surface area contributed by atoms with E-state index in [2.05, 4.69) is 0 Å². The van der Waals surface area contributed by atoms with E-state index in [0.29, 0.717) is 21.9 Å². The molecule has 0 amide bonds. The largest absolute Gasteiger partial charge is 0.478 e. The molecular formula is C36H26O7. The van der Waals surface area contributed by atoms with Crippen LogP contribution in [0.25, 0.3) is 43.1 Å². The maximum Gasteiger partial charge on any atom is 0.346 e. The van der Waals surface area contributed by atoms with Crippen molar-refractivity contribution in [2.75, 3.05) is 0 Å². The lowest BCUT2D eigenvalue weighted by Gasteiger charge is -2.16. The molecule has 7 heteroatoms. The molecule has 212 valence electrons. The first-order valence-corrected chi connectivity index (χ1v) is 13.6. The maximum atomic E-state index is 13.7. The lowest BCUT2D eigenvalue weighted by Crippen LogP contribution is -2.16. The van der Waals surface area contributed by atoms with Crippen molar-refractivity contribution in [3.05, 3.63) is 117 Å². The molecule has 0 fully saturated rings. The number of hydrogen-bond acceptors (Lipinski definition) is 5. The summed E-state index contributed by atoms with van der Waals surface area (Å²) >= 11 is 0. The van der Waals surface area contributed by atoms with Crippen molar-refractivity contribution in [2.45, 2.75) is 27.7 Å². The highest BCUT2D eigenvalue weighted by Crippen LogP contribution is 2.37. The third-order valence-corrected chi connectivity index (χ3v) is 8.17. The highest BCUT2D eigenvalue weighted by Gasteiger charge is 2.27. The molecular weight excluding hydrogens is 544 g/mol. The topological polar surface area (TPSA) is 118 Å². The van der Waals surface area contributed by atoms with Crippen LogP contribution in [0.1, 0.15) is 63.7 Å². The predicted molar refractivity (Wildman–Crippen MR) is 166 cm³/mol. The van der Waals surface area contributed by atoms with Gasteiger partial charge in [0.05, 0.1) is 22.3 Å². The van der Waals surface area contributed by atoms with Crippen LogP contribution in [0.3, 0.4) is 0 Å². The molecule has 0 radical (unpaired) electrons. The molecule has 6 aromatic rings. The minimum atomic E-state index is -1.21. The number of benzene rings is 6. The summed E-state index contributed by atoms with van der Waals surface area (Å²) in [6.45, 7) is 7.21. The second-order valence-electron chi connectivity index (χ2n) is 10.8. The number of aryl methyl sites for hydroxylation is 4. The van der Waals surface area contributed by atoms with Crippen molar-refractivity contribution in [2.24, 2.45) is 0 Å². The zero-order chi connectivity index (χ0) is 30.7. The van der Waals surface area contributed by atoms with Gasteiger partial charge in [-0.15, -0.1) is 0 Å². The minimum absolute atomic E-state index is 0.0536. The Morgan fingerprint density at radius 3 is 1.28 bits per heavy atom.